The largest absolute Gasteiger partial charge is 0.367 e. The van der Waals surface area contributed by atoms with Crippen LogP contribution in [0.2, 0.25) is 0 Å². The van der Waals surface area contributed by atoms with Gasteiger partial charge in [0.2, 0.25) is 5.91 Å². The predicted octanol–water partition coefficient (Wildman–Crippen LogP) is 0.759. The van der Waals surface area contributed by atoms with Gasteiger partial charge in [-0.05, 0) is 23.6 Å². The Morgan fingerprint density at radius 1 is 1.43 bits per heavy atom. The Balaban J connectivity index is 1.97. The molecule has 1 aromatic rings. The zero-order valence-corrected chi connectivity index (χ0v) is 13.7. The van der Waals surface area contributed by atoms with Crippen LogP contribution in [0.5, 0.6) is 0 Å². The molecule has 3 N–H and O–H groups in total. The Bertz CT molecular complexity index is 560. The third-order valence-corrected chi connectivity index (χ3v) is 3.73. The van der Waals surface area contributed by atoms with E-state index in [4.69, 9.17) is 10.5 Å². The molecule has 0 spiro atoms. The number of hydrogen-bond donors (Lipinski definition) is 2. The number of primary amides is 1. The molecule has 0 aliphatic carbocycles. The van der Waals surface area contributed by atoms with Crippen LogP contribution in [0.1, 0.15) is 29.8 Å². The zero-order valence-electron chi connectivity index (χ0n) is 13.7. The lowest BCUT2D eigenvalue weighted by molar-refractivity contribution is -0.135. The van der Waals surface area contributed by atoms with E-state index in [1.165, 1.54) is 0 Å². The van der Waals surface area contributed by atoms with E-state index >= 15 is 0 Å². The first-order valence-corrected chi connectivity index (χ1v) is 7.96. The van der Waals surface area contributed by atoms with E-state index in [1.54, 1.807) is 0 Å². The van der Waals surface area contributed by atoms with E-state index in [0.717, 1.165) is 12.1 Å². The fraction of sp³-hybridized carbons (Fsp3) is 0.529. The summed E-state index contributed by atoms with van der Waals surface area (Å²) in [5.74, 6) is -0.0738. The molecule has 23 heavy (non-hydrogen) atoms. The molecular weight excluding hydrogens is 294 g/mol. The first kappa shape index (κ1) is 17.4. The summed E-state index contributed by atoms with van der Waals surface area (Å²) in [7, 11) is 0. The second-order valence-electron chi connectivity index (χ2n) is 6.30. The molecule has 1 aliphatic heterocycles. The van der Waals surface area contributed by atoms with E-state index in [9.17, 15) is 9.59 Å². The number of carbonyl (C=O) groups excluding carboxylic acids is 2. The second kappa shape index (κ2) is 8.08. The fourth-order valence-corrected chi connectivity index (χ4v) is 2.49. The van der Waals surface area contributed by atoms with Gasteiger partial charge in [0, 0.05) is 31.7 Å². The number of nitrogens with zero attached hydrogens (tertiary/aromatic N) is 1. The highest BCUT2D eigenvalue weighted by Gasteiger charge is 2.24. The van der Waals surface area contributed by atoms with Gasteiger partial charge in [0.25, 0.3) is 5.91 Å². The van der Waals surface area contributed by atoms with E-state index < -0.39 is 12.0 Å². The van der Waals surface area contributed by atoms with Gasteiger partial charge in [-0.15, -0.1) is 0 Å². The lowest BCUT2D eigenvalue weighted by atomic mass is 10.1. The molecule has 0 radical (unpaired) electrons. The van der Waals surface area contributed by atoms with Gasteiger partial charge in [-0.3, -0.25) is 14.5 Å². The van der Waals surface area contributed by atoms with Gasteiger partial charge in [-0.1, -0.05) is 26.0 Å². The summed E-state index contributed by atoms with van der Waals surface area (Å²) in [6.07, 6.45) is -0.554. The fourth-order valence-electron chi connectivity index (χ4n) is 2.49. The maximum Gasteiger partial charge on any atom is 0.251 e. The van der Waals surface area contributed by atoms with Crippen molar-refractivity contribution in [2.75, 3.05) is 26.2 Å². The molecule has 6 heteroatoms. The molecule has 2 amide bonds. The van der Waals surface area contributed by atoms with E-state index in [2.05, 4.69) is 24.1 Å². The van der Waals surface area contributed by atoms with E-state index in [0.29, 0.717) is 37.7 Å². The summed E-state index contributed by atoms with van der Waals surface area (Å²) in [6.45, 7) is 7.16. The maximum absolute atomic E-state index is 12.1. The lowest BCUT2D eigenvalue weighted by Crippen LogP contribution is -2.47. The highest BCUT2D eigenvalue weighted by molar-refractivity contribution is 5.94. The van der Waals surface area contributed by atoms with Crippen molar-refractivity contribution in [2.45, 2.75) is 26.5 Å². The molecule has 0 bridgehead atoms. The van der Waals surface area contributed by atoms with Gasteiger partial charge in [-0.25, -0.2) is 0 Å². The number of morpholine rings is 1. The van der Waals surface area contributed by atoms with Gasteiger partial charge in [-0.2, -0.15) is 0 Å². The summed E-state index contributed by atoms with van der Waals surface area (Å²) in [6, 6.07) is 7.56. The van der Waals surface area contributed by atoms with Crippen LogP contribution in [0.25, 0.3) is 0 Å². The molecule has 0 saturated carbocycles. The Morgan fingerprint density at radius 3 is 2.91 bits per heavy atom. The highest BCUT2D eigenvalue weighted by atomic mass is 16.5. The minimum atomic E-state index is -0.554. The first-order chi connectivity index (χ1) is 11.0. The van der Waals surface area contributed by atoms with Crippen LogP contribution >= 0.6 is 0 Å². The molecule has 1 atom stereocenters. The minimum Gasteiger partial charge on any atom is -0.367 e. The third-order valence-electron chi connectivity index (χ3n) is 3.73. The van der Waals surface area contributed by atoms with Crippen molar-refractivity contribution in [2.24, 2.45) is 11.7 Å². The number of carbonyl (C=O) groups is 2. The summed E-state index contributed by atoms with van der Waals surface area (Å²) in [5, 5.41) is 2.92. The summed E-state index contributed by atoms with van der Waals surface area (Å²) in [4.78, 5) is 25.5. The second-order valence-corrected chi connectivity index (χ2v) is 6.30. The molecule has 1 aromatic carbocycles. The molecule has 1 aliphatic rings. The highest BCUT2D eigenvalue weighted by Crippen LogP contribution is 2.12. The summed E-state index contributed by atoms with van der Waals surface area (Å²) in [5.41, 5.74) is 6.99. The van der Waals surface area contributed by atoms with Crippen LogP contribution < -0.4 is 11.1 Å². The monoisotopic (exact) mass is 319 g/mol. The Kier molecular flexibility index (Phi) is 6.12. The van der Waals surface area contributed by atoms with Crippen molar-refractivity contribution in [3.8, 4) is 0 Å². The van der Waals surface area contributed by atoms with Crippen LogP contribution in [0.4, 0.5) is 0 Å². The summed E-state index contributed by atoms with van der Waals surface area (Å²) >= 11 is 0. The maximum atomic E-state index is 12.1. The molecule has 6 nitrogen and oxygen atoms in total. The van der Waals surface area contributed by atoms with Crippen molar-refractivity contribution < 1.29 is 14.3 Å². The topological polar surface area (TPSA) is 84.7 Å². The van der Waals surface area contributed by atoms with Gasteiger partial charge < -0.3 is 15.8 Å². The average molecular weight is 319 g/mol. The molecule has 1 unspecified atom stereocenters. The lowest BCUT2D eigenvalue weighted by Gasteiger charge is -2.31. The molecule has 126 valence electrons. The third kappa shape index (κ3) is 5.33. The van der Waals surface area contributed by atoms with Gasteiger partial charge in [0.15, 0.2) is 0 Å². The zero-order chi connectivity index (χ0) is 16.8. The molecule has 1 heterocycles. The standard InChI is InChI=1S/C17H25N3O3/c1-12(2)9-19-17(22)14-5-3-4-13(8-14)10-20-6-7-23-15(11-20)16(18)21/h3-5,8,12,15H,6-7,9-11H2,1-2H3,(H2,18,21)(H,19,22). The number of rotatable bonds is 6. The number of amides is 2. The van der Waals surface area contributed by atoms with Gasteiger partial charge in [0.05, 0.1) is 6.61 Å². The Labute approximate surface area is 137 Å². The van der Waals surface area contributed by atoms with Crippen LogP contribution in [-0.4, -0.2) is 49.1 Å². The van der Waals surface area contributed by atoms with Gasteiger partial charge in [0.1, 0.15) is 6.10 Å². The van der Waals surface area contributed by atoms with E-state index in [-0.39, 0.29) is 5.91 Å². The average Bonchev–Trinajstić information content (AvgIpc) is 2.53. The number of nitrogens with two attached hydrogens (primary N) is 1. The van der Waals surface area contributed by atoms with Crippen LogP contribution in [-0.2, 0) is 16.1 Å². The summed E-state index contributed by atoms with van der Waals surface area (Å²) < 4.78 is 5.34. The van der Waals surface area contributed by atoms with E-state index in [1.807, 2.05) is 24.3 Å². The molecule has 0 aromatic heterocycles. The van der Waals surface area contributed by atoms with Crippen LogP contribution in [0.15, 0.2) is 24.3 Å². The van der Waals surface area contributed by atoms with Crippen molar-refractivity contribution >= 4 is 11.8 Å². The smallest absolute Gasteiger partial charge is 0.251 e. The minimum absolute atomic E-state index is 0.0578. The van der Waals surface area contributed by atoms with Crippen LogP contribution in [0.3, 0.4) is 0 Å². The van der Waals surface area contributed by atoms with Crippen molar-refractivity contribution in [3.05, 3.63) is 35.4 Å². The molecular formula is C17H25N3O3. The normalized spacial score (nSPS) is 18.8. The van der Waals surface area contributed by atoms with Gasteiger partial charge >= 0.3 is 0 Å². The van der Waals surface area contributed by atoms with Crippen molar-refractivity contribution in [1.82, 2.24) is 10.2 Å². The molecule has 1 fully saturated rings. The Hall–Kier alpha value is -1.92. The number of hydrogen-bond acceptors (Lipinski definition) is 4. The van der Waals surface area contributed by atoms with Crippen LogP contribution in [0, 0.1) is 5.92 Å². The quantitative estimate of drug-likeness (QED) is 0.811. The SMILES string of the molecule is CC(C)CNC(=O)c1cccc(CN2CCOC(C(N)=O)C2)c1. The van der Waals surface area contributed by atoms with Crippen molar-refractivity contribution in [3.63, 3.8) is 0 Å². The van der Waals surface area contributed by atoms with Crippen molar-refractivity contribution in [1.29, 1.82) is 0 Å². The number of nitrogens with one attached hydrogen (secondary N) is 1. The number of ether oxygens (including phenoxy) is 1. The Morgan fingerprint density at radius 2 is 2.22 bits per heavy atom. The number of benzene rings is 1. The first-order valence-electron chi connectivity index (χ1n) is 7.96. The predicted molar refractivity (Wildman–Crippen MR) is 87.8 cm³/mol. The molecule has 2 rings (SSSR count). The molecule has 1 saturated heterocycles.